The van der Waals surface area contributed by atoms with Crippen LogP contribution in [0.2, 0.25) is 0 Å². The molecule has 4 heteroatoms. The standard InChI is InChI=1S/C10H17N3S/c1-4-8-11-9(14-13-8)12-10(2,3)7-5-6-7/h7H,4-6H2,1-3H3,(H,11,12,13). The lowest BCUT2D eigenvalue weighted by atomic mass is 9.99. The summed E-state index contributed by atoms with van der Waals surface area (Å²) >= 11 is 1.47. The maximum Gasteiger partial charge on any atom is 0.202 e. The molecule has 1 aromatic heterocycles. The Kier molecular flexibility index (Phi) is 2.47. The Bertz CT molecular complexity index is 315. The number of anilines is 1. The van der Waals surface area contributed by atoms with Gasteiger partial charge in [0, 0.05) is 23.5 Å². The minimum atomic E-state index is 0.185. The number of hydrogen-bond donors (Lipinski definition) is 1. The van der Waals surface area contributed by atoms with E-state index in [0.29, 0.717) is 0 Å². The molecule has 1 heterocycles. The van der Waals surface area contributed by atoms with Gasteiger partial charge in [-0.15, -0.1) is 0 Å². The van der Waals surface area contributed by atoms with Crippen LogP contribution in [0.1, 0.15) is 39.4 Å². The molecule has 78 valence electrons. The van der Waals surface area contributed by atoms with Crippen LogP contribution in [0.4, 0.5) is 5.13 Å². The number of rotatable bonds is 4. The normalized spacial score (nSPS) is 17.1. The molecule has 0 aromatic carbocycles. The predicted molar refractivity (Wildman–Crippen MR) is 59.7 cm³/mol. The number of nitrogens with zero attached hydrogens (tertiary/aromatic N) is 2. The number of hydrogen-bond acceptors (Lipinski definition) is 4. The van der Waals surface area contributed by atoms with Gasteiger partial charge < -0.3 is 5.32 Å². The second kappa shape index (κ2) is 3.50. The second-order valence-corrected chi connectivity index (χ2v) is 5.24. The highest BCUT2D eigenvalue weighted by Crippen LogP contribution is 2.41. The largest absolute Gasteiger partial charge is 0.355 e. The molecular weight excluding hydrogens is 194 g/mol. The Labute approximate surface area is 89.1 Å². The molecular formula is C10H17N3S. The summed E-state index contributed by atoms with van der Waals surface area (Å²) in [5.41, 5.74) is 0.185. The first-order chi connectivity index (χ1) is 6.62. The zero-order chi connectivity index (χ0) is 10.2. The Balaban J connectivity index is 2.02. The van der Waals surface area contributed by atoms with Crippen molar-refractivity contribution in [2.45, 2.75) is 45.6 Å². The summed E-state index contributed by atoms with van der Waals surface area (Å²) in [6, 6.07) is 0. The molecule has 3 nitrogen and oxygen atoms in total. The van der Waals surface area contributed by atoms with E-state index in [9.17, 15) is 0 Å². The highest BCUT2D eigenvalue weighted by Gasteiger charge is 2.38. The molecule has 0 spiro atoms. The fourth-order valence-corrected chi connectivity index (χ4v) is 2.45. The Morgan fingerprint density at radius 3 is 2.71 bits per heavy atom. The van der Waals surface area contributed by atoms with Crippen molar-refractivity contribution in [2.24, 2.45) is 5.92 Å². The number of aryl methyl sites for hydroxylation is 1. The van der Waals surface area contributed by atoms with Crippen LogP contribution in [0, 0.1) is 5.92 Å². The predicted octanol–water partition coefficient (Wildman–Crippen LogP) is 2.70. The molecule has 0 amide bonds. The summed E-state index contributed by atoms with van der Waals surface area (Å²) in [4.78, 5) is 4.42. The summed E-state index contributed by atoms with van der Waals surface area (Å²) in [6.45, 7) is 6.58. The average molecular weight is 211 g/mol. The third-order valence-corrected chi connectivity index (χ3v) is 3.48. The molecule has 0 unspecified atom stereocenters. The van der Waals surface area contributed by atoms with Crippen LogP contribution in [0.25, 0.3) is 0 Å². The molecule has 0 bridgehead atoms. The topological polar surface area (TPSA) is 37.8 Å². The molecule has 0 aliphatic heterocycles. The lowest BCUT2D eigenvalue weighted by molar-refractivity contribution is 0.494. The molecule has 0 radical (unpaired) electrons. The van der Waals surface area contributed by atoms with Crippen LogP contribution in [-0.4, -0.2) is 14.9 Å². The lowest BCUT2D eigenvalue weighted by Crippen LogP contribution is -2.33. The van der Waals surface area contributed by atoms with Crippen molar-refractivity contribution in [1.82, 2.24) is 9.36 Å². The lowest BCUT2D eigenvalue weighted by Gasteiger charge is -2.25. The van der Waals surface area contributed by atoms with Crippen molar-refractivity contribution in [3.8, 4) is 0 Å². The van der Waals surface area contributed by atoms with Gasteiger partial charge in [0.1, 0.15) is 5.82 Å². The quantitative estimate of drug-likeness (QED) is 0.832. The smallest absolute Gasteiger partial charge is 0.202 e. The summed E-state index contributed by atoms with van der Waals surface area (Å²) in [7, 11) is 0. The molecule has 1 saturated carbocycles. The second-order valence-electron chi connectivity index (χ2n) is 4.49. The zero-order valence-electron chi connectivity index (χ0n) is 9.00. The third kappa shape index (κ3) is 2.05. The van der Waals surface area contributed by atoms with Crippen LogP contribution >= 0.6 is 11.5 Å². The maximum absolute atomic E-state index is 4.42. The Morgan fingerprint density at radius 2 is 2.21 bits per heavy atom. The van der Waals surface area contributed by atoms with Crippen molar-refractivity contribution in [3.05, 3.63) is 5.82 Å². The van der Waals surface area contributed by atoms with Gasteiger partial charge in [-0.25, -0.2) is 4.98 Å². The highest BCUT2D eigenvalue weighted by atomic mass is 32.1. The monoisotopic (exact) mass is 211 g/mol. The Morgan fingerprint density at radius 1 is 1.50 bits per heavy atom. The SMILES string of the molecule is CCc1nsc(NC(C)(C)C2CC2)n1. The summed E-state index contributed by atoms with van der Waals surface area (Å²) in [6.07, 6.45) is 3.61. The third-order valence-electron chi connectivity index (χ3n) is 2.81. The van der Waals surface area contributed by atoms with Crippen molar-refractivity contribution in [3.63, 3.8) is 0 Å². The van der Waals surface area contributed by atoms with E-state index >= 15 is 0 Å². The van der Waals surface area contributed by atoms with E-state index < -0.39 is 0 Å². The average Bonchev–Trinajstić information content (AvgIpc) is 2.89. The molecule has 1 fully saturated rings. The molecule has 1 aliphatic carbocycles. The fourth-order valence-electron chi connectivity index (χ4n) is 1.63. The van der Waals surface area contributed by atoms with Gasteiger partial charge in [0.25, 0.3) is 0 Å². The molecule has 0 saturated heterocycles. The minimum absolute atomic E-state index is 0.185. The first-order valence-corrected chi connectivity index (χ1v) is 6.00. The summed E-state index contributed by atoms with van der Waals surface area (Å²) in [5, 5.41) is 4.45. The molecule has 0 atom stereocenters. The fraction of sp³-hybridized carbons (Fsp3) is 0.800. The van der Waals surface area contributed by atoms with Crippen LogP contribution in [0.3, 0.4) is 0 Å². The van der Waals surface area contributed by atoms with Crippen LogP contribution in [0.5, 0.6) is 0 Å². The van der Waals surface area contributed by atoms with Gasteiger partial charge in [0.2, 0.25) is 5.13 Å². The van der Waals surface area contributed by atoms with Gasteiger partial charge in [0.05, 0.1) is 0 Å². The van der Waals surface area contributed by atoms with Gasteiger partial charge in [-0.3, -0.25) is 0 Å². The molecule has 1 N–H and O–H groups in total. The van der Waals surface area contributed by atoms with E-state index in [0.717, 1.165) is 23.3 Å². The van der Waals surface area contributed by atoms with Gasteiger partial charge in [0.15, 0.2) is 0 Å². The van der Waals surface area contributed by atoms with Gasteiger partial charge in [-0.05, 0) is 32.6 Å². The Hall–Kier alpha value is -0.640. The van der Waals surface area contributed by atoms with Crippen molar-refractivity contribution >= 4 is 16.7 Å². The van der Waals surface area contributed by atoms with Gasteiger partial charge in [-0.1, -0.05) is 6.92 Å². The van der Waals surface area contributed by atoms with Crippen LogP contribution in [0.15, 0.2) is 0 Å². The molecule has 1 aromatic rings. The van der Waals surface area contributed by atoms with Crippen LogP contribution in [-0.2, 0) is 6.42 Å². The number of nitrogens with one attached hydrogen (secondary N) is 1. The van der Waals surface area contributed by atoms with Gasteiger partial charge in [-0.2, -0.15) is 4.37 Å². The maximum atomic E-state index is 4.42. The summed E-state index contributed by atoms with van der Waals surface area (Å²) in [5.74, 6) is 1.76. The molecule has 14 heavy (non-hydrogen) atoms. The van der Waals surface area contributed by atoms with Gasteiger partial charge >= 0.3 is 0 Å². The molecule has 2 rings (SSSR count). The first kappa shape index (κ1) is 9.90. The summed E-state index contributed by atoms with van der Waals surface area (Å²) < 4.78 is 4.27. The van der Waals surface area contributed by atoms with E-state index in [4.69, 9.17) is 0 Å². The van der Waals surface area contributed by atoms with Crippen molar-refractivity contribution in [1.29, 1.82) is 0 Å². The van der Waals surface area contributed by atoms with E-state index in [1.165, 1.54) is 24.4 Å². The van der Waals surface area contributed by atoms with E-state index in [2.05, 4.69) is 35.4 Å². The highest BCUT2D eigenvalue weighted by molar-refractivity contribution is 7.09. The zero-order valence-corrected chi connectivity index (χ0v) is 9.82. The van der Waals surface area contributed by atoms with Crippen molar-refractivity contribution < 1.29 is 0 Å². The minimum Gasteiger partial charge on any atom is -0.355 e. The van der Waals surface area contributed by atoms with E-state index in [1.54, 1.807) is 0 Å². The van der Waals surface area contributed by atoms with E-state index in [-0.39, 0.29) is 5.54 Å². The molecule has 1 aliphatic rings. The van der Waals surface area contributed by atoms with E-state index in [1.807, 2.05) is 0 Å². The first-order valence-electron chi connectivity index (χ1n) is 5.22. The number of aromatic nitrogens is 2. The van der Waals surface area contributed by atoms with Crippen molar-refractivity contribution in [2.75, 3.05) is 5.32 Å². The van der Waals surface area contributed by atoms with Crippen LogP contribution < -0.4 is 5.32 Å².